The molecule has 0 aromatic rings. The van der Waals surface area contributed by atoms with Gasteiger partial charge in [-0.3, -0.25) is 0 Å². The molecule has 0 unspecified atom stereocenters. The second-order valence-electron chi connectivity index (χ2n) is 3.37. The first kappa shape index (κ1) is 32.8. The van der Waals surface area contributed by atoms with E-state index in [1.807, 2.05) is 82.2 Å². The van der Waals surface area contributed by atoms with Crippen LogP contribution in [0.2, 0.25) is 0 Å². The molecule has 0 rings (SSSR count). The van der Waals surface area contributed by atoms with Gasteiger partial charge in [-0.05, 0) is 20.3 Å². The molecule has 0 bridgehead atoms. The Morgan fingerprint density at radius 2 is 1.41 bits per heavy atom. The fourth-order valence-electron chi connectivity index (χ4n) is 0.714. The number of allylic oxidation sites excluding steroid dienone is 4. The molecule has 2 heteroatoms. The lowest BCUT2D eigenvalue weighted by Crippen LogP contribution is -1.95. The third kappa shape index (κ3) is 42.8. The maximum absolute atomic E-state index is 13.0. The lowest BCUT2D eigenvalue weighted by molar-refractivity contribution is 0.172. The number of hydrogen-bond acceptors (Lipinski definition) is 1. The molecule has 136 valence electrons. The number of halogens is 1. The molecule has 0 saturated heterocycles. The Hall–Kier alpha value is -1.05. The zero-order valence-electron chi connectivity index (χ0n) is 17.2. The topological polar surface area (TPSA) is 9.23 Å². The van der Waals surface area contributed by atoms with Gasteiger partial charge in [0.25, 0.3) is 0 Å². The Morgan fingerprint density at radius 3 is 1.73 bits per heavy atom. The zero-order chi connectivity index (χ0) is 19.0. The van der Waals surface area contributed by atoms with E-state index in [4.69, 9.17) is 4.74 Å². The summed E-state index contributed by atoms with van der Waals surface area (Å²) in [6.07, 6.45) is 5.94. The van der Waals surface area contributed by atoms with Crippen molar-refractivity contribution >= 4 is 0 Å². The van der Waals surface area contributed by atoms with Gasteiger partial charge in [0.2, 0.25) is 0 Å². The Kier molecular flexibility index (Phi) is 54.8. The summed E-state index contributed by atoms with van der Waals surface area (Å²) in [6.45, 7) is 25.5. The van der Waals surface area contributed by atoms with Gasteiger partial charge >= 0.3 is 0 Å². The van der Waals surface area contributed by atoms with Gasteiger partial charge in [0.1, 0.15) is 12.1 Å². The summed E-state index contributed by atoms with van der Waals surface area (Å²) in [6, 6.07) is 0. The van der Waals surface area contributed by atoms with Crippen LogP contribution in [0.4, 0.5) is 4.39 Å². The van der Waals surface area contributed by atoms with Gasteiger partial charge < -0.3 is 4.74 Å². The monoisotopic (exact) mass is 318 g/mol. The summed E-state index contributed by atoms with van der Waals surface area (Å²) < 4.78 is 18.0. The first-order valence-electron chi connectivity index (χ1n) is 8.90. The maximum Gasteiger partial charge on any atom is 0.138 e. The highest BCUT2D eigenvalue weighted by Gasteiger charge is 1.93. The van der Waals surface area contributed by atoms with Crippen LogP contribution >= 0.6 is 0 Å². The van der Waals surface area contributed by atoms with Crippen LogP contribution in [0.15, 0.2) is 36.4 Å². The average Bonchev–Trinajstić information content (AvgIpc) is 2.60. The smallest absolute Gasteiger partial charge is 0.138 e. The highest BCUT2D eigenvalue weighted by Crippen LogP contribution is 2.07. The van der Waals surface area contributed by atoms with Crippen LogP contribution in [0.3, 0.4) is 0 Å². The summed E-state index contributed by atoms with van der Waals surface area (Å²) in [5, 5.41) is 0. The lowest BCUT2D eigenvalue weighted by Gasteiger charge is -2.03. The van der Waals surface area contributed by atoms with E-state index >= 15 is 0 Å². The van der Waals surface area contributed by atoms with Crippen molar-refractivity contribution in [1.29, 1.82) is 0 Å². The molecule has 0 amide bonds. The molecule has 0 aromatic carbocycles. The normalized spacial score (nSPS) is 9.05. The summed E-state index contributed by atoms with van der Waals surface area (Å²) in [4.78, 5) is 0. The number of hydrogen-bond donors (Lipinski definition) is 0. The summed E-state index contributed by atoms with van der Waals surface area (Å²) >= 11 is 0. The average molecular weight is 319 g/mol. The Labute approximate surface area is 141 Å². The van der Waals surface area contributed by atoms with E-state index in [1.165, 1.54) is 6.26 Å². The van der Waals surface area contributed by atoms with E-state index in [0.29, 0.717) is 0 Å². The fraction of sp³-hybridized carbons (Fsp3) is 0.700. The zero-order valence-corrected chi connectivity index (χ0v) is 17.2. The van der Waals surface area contributed by atoms with Crippen LogP contribution in [0.5, 0.6) is 0 Å². The van der Waals surface area contributed by atoms with E-state index in [1.54, 1.807) is 6.08 Å². The molecule has 0 aliphatic heterocycles. The lowest BCUT2D eigenvalue weighted by atomic mass is 10.2. The van der Waals surface area contributed by atoms with Crippen molar-refractivity contribution in [1.82, 2.24) is 0 Å². The van der Waals surface area contributed by atoms with Crippen molar-refractivity contribution in [3.63, 3.8) is 0 Å². The maximum atomic E-state index is 13.0. The third-order valence-electron chi connectivity index (χ3n) is 1.59. The SMILES string of the molecule is C=C(C=CC/C(F)=C/OC(C)C)CC.CC.CC.CC.CC. The second kappa shape index (κ2) is 36.8. The molecule has 0 aliphatic carbocycles. The van der Waals surface area contributed by atoms with Gasteiger partial charge in [0.05, 0.1) is 6.10 Å². The van der Waals surface area contributed by atoms with Gasteiger partial charge in [-0.25, -0.2) is 4.39 Å². The largest absolute Gasteiger partial charge is 0.496 e. The van der Waals surface area contributed by atoms with E-state index in [-0.39, 0.29) is 18.4 Å². The van der Waals surface area contributed by atoms with Gasteiger partial charge in [-0.1, -0.05) is 86.6 Å². The molecule has 0 heterocycles. The van der Waals surface area contributed by atoms with Crippen molar-refractivity contribution in [3.8, 4) is 0 Å². The van der Waals surface area contributed by atoms with Crippen molar-refractivity contribution in [2.45, 2.75) is 95.1 Å². The first-order valence-corrected chi connectivity index (χ1v) is 8.90. The van der Waals surface area contributed by atoms with Crippen LogP contribution in [0.1, 0.15) is 89.0 Å². The molecule has 1 nitrogen and oxygen atoms in total. The molecule has 0 atom stereocenters. The van der Waals surface area contributed by atoms with Crippen molar-refractivity contribution in [2.75, 3.05) is 0 Å². The standard InChI is InChI=1S/C12H19FO.4C2H6/c1-5-11(4)7-6-8-12(13)9-14-10(2)3;4*1-2/h6-7,9-10H,4-5,8H2,1-3H3;4*1-2H3/b7-6?,12-9-;;;;. The predicted molar refractivity (Wildman–Crippen MR) is 104 cm³/mol. The molecule has 0 aliphatic rings. The van der Waals surface area contributed by atoms with Crippen molar-refractivity contribution in [2.24, 2.45) is 0 Å². The molecule has 0 fully saturated rings. The van der Waals surface area contributed by atoms with Crippen LogP contribution < -0.4 is 0 Å². The highest BCUT2D eigenvalue weighted by molar-refractivity contribution is 5.15. The minimum atomic E-state index is -0.265. The molecular formula is C20H43FO. The van der Waals surface area contributed by atoms with Crippen molar-refractivity contribution in [3.05, 3.63) is 36.4 Å². The van der Waals surface area contributed by atoms with Gasteiger partial charge in [0.15, 0.2) is 0 Å². The van der Waals surface area contributed by atoms with Crippen molar-refractivity contribution < 1.29 is 9.13 Å². The van der Waals surface area contributed by atoms with Crippen LogP contribution in [0, 0.1) is 0 Å². The molecule has 0 N–H and O–H groups in total. The minimum absolute atomic E-state index is 0.0235. The van der Waals surface area contributed by atoms with Gasteiger partial charge in [-0.15, -0.1) is 0 Å². The minimum Gasteiger partial charge on any atom is -0.496 e. The van der Waals surface area contributed by atoms with Crippen LogP contribution in [-0.2, 0) is 4.74 Å². The summed E-state index contributed by atoms with van der Waals surface area (Å²) in [7, 11) is 0. The summed E-state index contributed by atoms with van der Waals surface area (Å²) in [5.41, 5.74) is 1.00. The highest BCUT2D eigenvalue weighted by atomic mass is 19.1. The Morgan fingerprint density at radius 1 is 1.00 bits per heavy atom. The van der Waals surface area contributed by atoms with E-state index in [0.717, 1.165) is 12.0 Å². The van der Waals surface area contributed by atoms with E-state index in [9.17, 15) is 4.39 Å². The molecule has 22 heavy (non-hydrogen) atoms. The number of rotatable bonds is 6. The molecule has 0 saturated carbocycles. The molecule has 0 aromatic heterocycles. The Bertz CT molecular complexity index is 228. The second-order valence-corrected chi connectivity index (χ2v) is 3.37. The van der Waals surface area contributed by atoms with E-state index < -0.39 is 0 Å². The Balaban J connectivity index is -0.000000103. The van der Waals surface area contributed by atoms with Gasteiger partial charge in [-0.2, -0.15) is 0 Å². The fourth-order valence-corrected chi connectivity index (χ4v) is 0.714. The molecule has 0 radical (unpaired) electrons. The number of ether oxygens (including phenoxy) is 1. The van der Waals surface area contributed by atoms with Crippen LogP contribution in [-0.4, -0.2) is 6.10 Å². The van der Waals surface area contributed by atoms with E-state index in [2.05, 4.69) is 6.58 Å². The predicted octanol–water partition coefficient (Wildman–Crippen LogP) is 8.24. The van der Waals surface area contributed by atoms with Crippen LogP contribution in [0.25, 0.3) is 0 Å². The van der Waals surface area contributed by atoms with Gasteiger partial charge in [0, 0.05) is 6.42 Å². The first-order chi connectivity index (χ1) is 10.6. The quantitative estimate of drug-likeness (QED) is 0.354. The molecular weight excluding hydrogens is 275 g/mol. The summed E-state index contributed by atoms with van der Waals surface area (Å²) in [5.74, 6) is -0.265. The third-order valence-corrected chi connectivity index (χ3v) is 1.59. The molecule has 0 spiro atoms.